The van der Waals surface area contributed by atoms with Gasteiger partial charge in [0.25, 0.3) is 5.91 Å². The number of halogens is 1. The molecule has 180 valence electrons. The minimum absolute atomic E-state index is 0.109. The normalized spacial score (nSPS) is 14.4. The van der Waals surface area contributed by atoms with Crippen molar-refractivity contribution < 1.29 is 18.7 Å². The maximum atomic E-state index is 14.5. The monoisotopic (exact) mass is 483 g/mol. The van der Waals surface area contributed by atoms with E-state index in [4.69, 9.17) is 4.74 Å². The number of thiophene rings is 1. The summed E-state index contributed by atoms with van der Waals surface area (Å²) in [5, 5.41) is 6.23. The standard InChI is InChI=1S/C26H30FN3O3S/c1-3-8-21(25(31)28-17-9-6-10-18(15-17)30-13-4-5-14-30)29-26(32)24-19(16-33-2)23-20(27)11-7-12-22(23)34-24/h6-7,9-12,15,21H,3-5,8,13-14,16H2,1-2H3,(H,28,31)(H,29,32). The first-order chi connectivity index (χ1) is 16.5. The molecule has 1 aliphatic heterocycles. The summed E-state index contributed by atoms with van der Waals surface area (Å²) in [6, 6.07) is 11.9. The fourth-order valence-electron chi connectivity index (χ4n) is 4.40. The Kier molecular flexibility index (Phi) is 7.80. The minimum Gasteiger partial charge on any atom is -0.380 e. The van der Waals surface area contributed by atoms with Crippen LogP contribution in [0.2, 0.25) is 0 Å². The van der Waals surface area contributed by atoms with Gasteiger partial charge in [-0.15, -0.1) is 11.3 Å². The molecule has 2 aromatic carbocycles. The predicted octanol–water partition coefficient (Wildman–Crippen LogP) is 5.32. The quantitative estimate of drug-likeness (QED) is 0.432. The number of fused-ring (bicyclic) bond motifs is 1. The van der Waals surface area contributed by atoms with Crippen molar-refractivity contribution in [3.63, 3.8) is 0 Å². The molecule has 1 aromatic heterocycles. The average molecular weight is 484 g/mol. The lowest BCUT2D eigenvalue weighted by atomic mass is 10.1. The van der Waals surface area contributed by atoms with E-state index in [9.17, 15) is 14.0 Å². The summed E-state index contributed by atoms with van der Waals surface area (Å²) in [7, 11) is 1.51. The lowest BCUT2D eigenvalue weighted by Crippen LogP contribution is -2.43. The number of methoxy groups -OCH3 is 1. The summed E-state index contributed by atoms with van der Waals surface area (Å²) in [6.07, 6.45) is 3.56. The average Bonchev–Trinajstić information content (AvgIpc) is 3.49. The molecule has 1 fully saturated rings. The zero-order valence-corrected chi connectivity index (χ0v) is 20.3. The molecule has 8 heteroatoms. The molecule has 0 radical (unpaired) electrons. The molecule has 0 bridgehead atoms. The smallest absolute Gasteiger partial charge is 0.262 e. The fourth-order valence-corrected chi connectivity index (χ4v) is 5.52. The van der Waals surface area contributed by atoms with E-state index in [0.717, 1.165) is 25.2 Å². The molecule has 34 heavy (non-hydrogen) atoms. The van der Waals surface area contributed by atoms with Crippen LogP contribution < -0.4 is 15.5 Å². The Bertz CT molecular complexity index is 1170. The van der Waals surface area contributed by atoms with Crippen molar-refractivity contribution in [1.82, 2.24) is 5.32 Å². The van der Waals surface area contributed by atoms with Crippen molar-refractivity contribution in [3.05, 3.63) is 58.7 Å². The van der Waals surface area contributed by atoms with Crippen LogP contribution in [0.1, 0.15) is 47.8 Å². The van der Waals surface area contributed by atoms with E-state index in [1.165, 1.54) is 37.4 Å². The van der Waals surface area contributed by atoms with Gasteiger partial charge in [0.15, 0.2) is 0 Å². The Balaban J connectivity index is 1.52. The molecule has 0 spiro atoms. The molecule has 2 amide bonds. The van der Waals surface area contributed by atoms with Crippen LogP contribution >= 0.6 is 11.3 Å². The SMILES string of the molecule is CCCC(NC(=O)c1sc2cccc(F)c2c1COC)C(=O)Nc1cccc(N2CCCC2)c1. The van der Waals surface area contributed by atoms with Crippen LogP contribution in [0.25, 0.3) is 10.1 Å². The third kappa shape index (κ3) is 5.23. The molecular formula is C26H30FN3O3S. The van der Waals surface area contributed by atoms with E-state index in [1.54, 1.807) is 12.1 Å². The van der Waals surface area contributed by atoms with Gasteiger partial charge in [-0.2, -0.15) is 0 Å². The number of nitrogens with zero attached hydrogens (tertiary/aromatic N) is 1. The third-order valence-electron chi connectivity index (χ3n) is 6.04. The van der Waals surface area contributed by atoms with Gasteiger partial charge >= 0.3 is 0 Å². The van der Waals surface area contributed by atoms with Gasteiger partial charge in [0, 0.05) is 47.2 Å². The first-order valence-electron chi connectivity index (χ1n) is 11.7. The van der Waals surface area contributed by atoms with Gasteiger partial charge in [-0.25, -0.2) is 4.39 Å². The zero-order valence-electron chi connectivity index (χ0n) is 19.5. The number of nitrogens with one attached hydrogen (secondary N) is 2. The topological polar surface area (TPSA) is 70.7 Å². The first-order valence-corrected chi connectivity index (χ1v) is 12.5. The fraction of sp³-hybridized carbons (Fsp3) is 0.385. The second-order valence-electron chi connectivity index (χ2n) is 8.50. The highest BCUT2D eigenvalue weighted by Gasteiger charge is 2.26. The van der Waals surface area contributed by atoms with Crippen molar-refractivity contribution in [2.75, 3.05) is 30.4 Å². The minimum atomic E-state index is -0.710. The van der Waals surface area contributed by atoms with Gasteiger partial charge in [0.1, 0.15) is 11.9 Å². The van der Waals surface area contributed by atoms with Gasteiger partial charge in [0.05, 0.1) is 11.5 Å². The van der Waals surface area contributed by atoms with Crippen LogP contribution in [-0.4, -0.2) is 38.1 Å². The van der Waals surface area contributed by atoms with E-state index < -0.39 is 11.9 Å². The predicted molar refractivity (Wildman–Crippen MR) is 135 cm³/mol. The Hall–Kier alpha value is -2.97. The number of hydrogen-bond acceptors (Lipinski definition) is 5. The van der Waals surface area contributed by atoms with E-state index >= 15 is 0 Å². The molecule has 0 saturated carbocycles. The summed E-state index contributed by atoms with van der Waals surface area (Å²) in [5.41, 5.74) is 2.30. The van der Waals surface area contributed by atoms with Crippen molar-refractivity contribution in [2.24, 2.45) is 0 Å². The maximum absolute atomic E-state index is 14.5. The van der Waals surface area contributed by atoms with Gasteiger partial charge in [-0.05, 0) is 49.6 Å². The summed E-state index contributed by atoms with van der Waals surface area (Å²) < 4.78 is 20.4. The molecule has 1 unspecified atom stereocenters. The molecule has 1 atom stereocenters. The van der Waals surface area contributed by atoms with Crippen LogP contribution in [0.15, 0.2) is 42.5 Å². The molecule has 2 N–H and O–H groups in total. The highest BCUT2D eigenvalue weighted by atomic mass is 32.1. The molecule has 4 rings (SSSR count). The van der Waals surface area contributed by atoms with Crippen LogP contribution in [0.4, 0.5) is 15.8 Å². The largest absolute Gasteiger partial charge is 0.380 e. The Morgan fingerprint density at radius 2 is 1.94 bits per heavy atom. The zero-order chi connectivity index (χ0) is 24.1. The molecule has 0 aliphatic carbocycles. The number of carbonyl (C=O) groups excluding carboxylic acids is 2. The maximum Gasteiger partial charge on any atom is 0.262 e. The molecule has 1 aliphatic rings. The Morgan fingerprint density at radius 1 is 1.18 bits per heavy atom. The number of anilines is 2. The van der Waals surface area contributed by atoms with Crippen molar-refractivity contribution >= 4 is 44.6 Å². The third-order valence-corrected chi connectivity index (χ3v) is 7.24. The second-order valence-corrected chi connectivity index (χ2v) is 9.56. The van der Waals surface area contributed by atoms with Crippen molar-refractivity contribution in [3.8, 4) is 0 Å². The lowest BCUT2D eigenvalue weighted by molar-refractivity contribution is -0.118. The summed E-state index contributed by atoms with van der Waals surface area (Å²) in [4.78, 5) is 29.0. The Labute approximate surface area is 203 Å². The van der Waals surface area contributed by atoms with Gasteiger partial charge < -0.3 is 20.3 Å². The van der Waals surface area contributed by atoms with Crippen LogP contribution in [0, 0.1) is 5.82 Å². The summed E-state index contributed by atoms with van der Waals surface area (Å²) in [5.74, 6) is -1.05. The molecule has 2 heterocycles. The van der Waals surface area contributed by atoms with Gasteiger partial charge in [0.2, 0.25) is 5.91 Å². The molecule has 3 aromatic rings. The lowest BCUT2D eigenvalue weighted by Gasteiger charge is -2.20. The second kappa shape index (κ2) is 11.0. The van der Waals surface area contributed by atoms with E-state index in [1.807, 2.05) is 31.2 Å². The van der Waals surface area contributed by atoms with Crippen LogP contribution in [-0.2, 0) is 16.1 Å². The van der Waals surface area contributed by atoms with Gasteiger partial charge in [-0.3, -0.25) is 9.59 Å². The number of rotatable bonds is 9. The molecular weight excluding hydrogens is 453 g/mol. The highest BCUT2D eigenvalue weighted by molar-refractivity contribution is 7.21. The van der Waals surface area contributed by atoms with E-state index in [2.05, 4.69) is 15.5 Å². The van der Waals surface area contributed by atoms with Crippen molar-refractivity contribution in [1.29, 1.82) is 0 Å². The molecule has 1 saturated heterocycles. The van der Waals surface area contributed by atoms with Crippen LogP contribution in [0.3, 0.4) is 0 Å². The number of carbonyl (C=O) groups is 2. The Morgan fingerprint density at radius 3 is 2.68 bits per heavy atom. The highest BCUT2D eigenvalue weighted by Crippen LogP contribution is 2.34. The number of hydrogen-bond donors (Lipinski definition) is 2. The van der Waals surface area contributed by atoms with Crippen LogP contribution in [0.5, 0.6) is 0 Å². The number of amides is 2. The van der Waals surface area contributed by atoms with Gasteiger partial charge in [-0.1, -0.05) is 25.5 Å². The summed E-state index contributed by atoms with van der Waals surface area (Å²) in [6.45, 7) is 4.11. The first kappa shape index (κ1) is 24.2. The van der Waals surface area contributed by atoms with E-state index in [-0.39, 0.29) is 18.3 Å². The molecule has 6 nitrogen and oxygen atoms in total. The summed E-state index contributed by atoms with van der Waals surface area (Å²) >= 11 is 1.21. The number of benzene rings is 2. The van der Waals surface area contributed by atoms with E-state index in [0.29, 0.717) is 32.6 Å². The van der Waals surface area contributed by atoms with Crippen molar-refractivity contribution in [2.45, 2.75) is 45.3 Å². The number of ether oxygens (including phenoxy) is 1.